The van der Waals surface area contributed by atoms with Crippen LogP contribution in [-0.4, -0.2) is 24.2 Å². The standard InChI is InChI=1S/C18H21NO3/c1-3-19(4-2)17-12-14(10-11-15(17)13-20)18(21)22-16-8-6-5-7-9-16/h5-12,20H,3-4,13H2,1-2H3. The van der Waals surface area contributed by atoms with Gasteiger partial charge in [0.15, 0.2) is 0 Å². The van der Waals surface area contributed by atoms with Gasteiger partial charge in [0.1, 0.15) is 5.75 Å². The number of carbonyl (C=O) groups is 1. The van der Waals surface area contributed by atoms with Crippen molar-refractivity contribution >= 4 is 11.7 Å². The number of rotatable bonds is 6. The number of benzene rings is 2. The van der Waals surface area contributed by atoms with Crippen LogP contribution in [0.1, 0.15) is 29.8 Å². The van der Waals surface area contributed by atoms with Crippen molar-refractivity contribution in [3.8, 4) is 5.75 Å². The summed E-state index contributed by atoms with van der Waals surface area (Å²) in [5.74, 6) is 0.118. The highest BCUT2D eigenvalue weighted by atomic mass is 16.5. The van der Waals surface area contributed by atoms with Crippen molar-refractivity contribution in [2.75, 3.05) is 18.0 Å². The Hall–Kier alpha value is -2.33. The quantitative estimate of drug-likeness (QED) is 0.657. The smallest absolute Gasteiger partial charge is 0.343 e. The van der Waals surface area contributed by atoms with Crippen LogP contribution in [0.2, 0.25) is 0 Å². The Labute approximate surface area is 131 Å². The molecule has 0 aliphatic carbocycles. The number of carbonyl (C=O) groups excluding carboxylic acids is 1. The van der Waals surface area contributed by atoms with Gasteiger partial charge in [0, 0.05) is 24.3 Å². The summed E-state index contributed by atoms with van der Waals surface area (Å²) in [6, 6.07) is 14.2. The topological polar surface area (TPSA) is 49.8 Å². The van der Waals surface area contributed by atoms with Gasteiger partial charge in [0.25, 0.3) is 0 Å². The Balaban J connectivity index is 2.27. The third-order valence-electron chi connectivity index (χ3n) is 3.55. The molecule has 4 nitrogen and oxygen atoms in total. The summed E-state index contributed by atoms with van der Waals surface area (Å²) in [5.41, 5.74) is 2.15. The summed E-state index contributed by atoms with van der Waals surface area (Å²) in [6.45, 7) is 5.64. The number of nitrogens with zero attached hydrogens (tertiary/aromatic N) is 1. The van der Waals surface area contributed by atoms with Gasteiger partial charge in [-0.05, 0) is 38.1 Å². The molecule has 0 radical (unpaired) electrons. The molecule has 1 N–H and O–H groups in total. The van der Waals surface area contributed by atoms with Gasteiger partial charge in [-0.15, -0.1) is 0 Å². The lowest BCUT2D eigenvalue weighted by Crippen LogP contribution is -2.24. The Morgan fingerprint density at radius 3 is 2.36 bits per heavy atom. The van der Waals surface area contributed by atoms with Crippen molar-refractivity contribution in [3.05, 3.63) is 59.7 Å². The number of aliphatic hydroxyl groups excluding tert-OH is 1. The second-order valence-electron chi connectivity index (χ2n) is 4.88. The molecule has 116 valence electrons. The van der Waals surface area contributed by atoms with Gasteiger partial charge in [-0.3, -0.25) is 0 Å². The number of aliphatic hydroxyl groups is 1. The van der Waals surface area contributed by atoms with E-state index in [9.17, 15) is 9.90 Å². The number of esters is 1. The number of hydrogen-bond donors (Lipinski definition) is 1. The van der Waals surface area contributed by atoms with Gasteiger partial charge in [0.05, 0.1) is 12.2 Å². The summed E-state index contributed by atoms with van der Waals surface area (Å²) < 4.78 is 5.36. The number of para-hydroxylation sites is 1. The summed E-state index contributed by atoms with van der Waals surface area (Å²) >= 11 is 0. The summed E-state index contributed by atoms with van der Waals surface area (Å²) in [4.78, 5) is 14.4. The second-order valence-corrected chi connectivity index (χ2v) is 4.88. The van der Waals surface area contributed by atoms with Crippen LogP contribution in [0.5, 0.6) is 5.75 Å². The van der Waals surface area contributed by atoms with Crippen LogP contribution in [0.15, 0.2) is 48.5 Å². The molecule has 0 spiro atoms. The monoisotopic (exact) mass is 299 g/mol. The first kappa shape index (κ1) is 16.0. The van der Waals surface area contributed by atoms with Gasteiger partial charge in [0.2, 0.25) is 0 Å². The van der Waals surface area contributed by atoms with E-state index >= 15 is 0 Å². The molecule has 2 aromatic carbocycles. The Morgan fingerprint density at radius 2 is 1.77 bits per heavy atom. The molecule has 2 rings (SSSR count). The van der Waals surface area contributed by atoms with E-state index in [2.05, 4.69) is 4.90 Å². The summed E-state index contributed by atoms with van der Waals surface area (Å²) in [5, 5.41) is 9.48. The minimum atomic E-state index is -0.399. The lowest BCUT2D eigenvalue weighted by Gasteiger charge is -2.24. The average Bonchev–Trinajstić information content (AvgIpc) is 2.56. The SMILES string of the molecule is CCN(CC)c1cc(C(=O)Oc2ccccc2)ccc1CO. The van der Waals surface area contributed by atoms with Crippen LogP contribution < -0.4 is 9.64 Å². The minimum absolute atomic E-state index is 0.0557. The molecule has 0 heterocycles. The van der Waals surface area contributed by atoms with Gasteiger partial charge in [-0.2, -0.15) is 0 Å². The van der Waals surface area contributed by atoms with Crippen molar-refractivity contribution in [2.24, 2.45) is 0 Å². The van der Waals surface area contributed by atoms with Gasteiger partial charge < -0.3 is 14.7 Å². The van der Waals surface area contributed by atoms with Crippen LogP contribution in [0.25, 0.3) is 0 Å². The predicted molar refractivity (Wildman–Crippen MR) is 87.3 cm³/mol. The van der Waals surface area contributed by atoms with Gasteiger partial charge in [-0.1, -0.05) is 24.3 Å². The average molecular weight is 299 g/mol. The van der Waals surface area contributed by atoms with Crippen LogP contribution >= 0.6 is 0 Å². The van der Waals surface area contributed by atoms with E-state index < -0.39 is 5.97 Å². The maximum atomic E-state index is 12.3. The van der Waals surface area contributed by atoms with E-state index in [1.54, 1.807) is 30.3 Å². The van der Waals surface area contributed by atoms with Crippen LogP contribution in [0.4, 0.5) is 5.69 Å². The van der Waals surface area contributed by atoms with Crippen molar-refractivity contribution in [1.29, 1.82) is 0 Å². The second kappa shape index (κ2) is 7.61. The van der Waals surface area contributed by atoms with E-state index in [1.807, 2.05) is 32.0 Å². The maximum Gasteiger partial charge on any atom is 0.343 e. The molecular weight excluding hydrogens is 278 g/mol. The number of ether oxygens (including phenoxy) is 1. The molecule has 0 bridgehead atoms. The van der Waals surface area contributed by atoms with Crippen molar-refractivity contribution in [2.45, 2.75) is 20.5 Å². The molecule has 0 unspecified atom stereocenters. The zero-order chi connectivity index (χ0) is 15.9. The fraction of sp³-hybridized carbons (Fsp3) is 0.278. The van der Waals surface area contributed by atoms with Crippen LogP contribution in [0, 0.1) is 0 Å². The van der Waals surface area contributed by atoms with E-state index in [4.69, 9.17) is 4.74 Å². The minimum Gasteiger partial charge on any atom is -0.423 e. The lowest BCUT2D eigenvalue weighted by molar-refractivity contribution is 0.0734. The first-order valence-electron chi connectivity index (χ1n) is 7.45. The molecule has 22 heavy (non-hydrogen) atoms. The number of hydrogen-bond acceptors (Lipinski definition) is 4. The Morgan fingerprint density at radius 1 is 1.09 bits per heavy atom. The van der Waals surface area contributed by atoms with E-state index in [-0.39, 0.29) is 6.61 Å². The fourth-order valence-electron chi connectivity index (χ4n) is 2.34. The molecular formula is C18H21NO3. The third kappa shape index (κ3) is 3.65. The fourth-order valence-corrected chi connectivity index (χ4v) is 2.34. The lowest BCUT2D eigenvalue weighted by atomic mass is 10.1. The van der Waals surface area contributed by atoms with Gasteiger partial charge in [-0.25, -0.2) is 4.79 Å². The summed E-state index contributed by atoms with van der Waals surface area (Å²) in [6.07, 6.45) is 0. The molecule has 0 saturated carbocycles. The van der Waals surface area contributed by atoms with Crippen molar-refractivity contribution in [3.63, 3.8) is 0 Å². The first-order valence-corrected chi connectivity index (χ1v) is 7.45. The summed E-state index contributed by atoms with van der Waals surface area (Å²) in [7, 11) is 0. The van der Waals surface area contributed by atoms with Crippen LogP contribution in [-0.2, 0) is 6.61 Å². The molecule has 2 aromatic rings. The van der Waals surface area contributed by atoms with Crippen molar-refractivity contribution < 1.29 is 14.6 Å². The molecule has 0 amide bonds. The van der Waals surface area contributed by atoms with E-state index in [1.165, 1.54) is 0 Å². The zero-order valence-corrected chi connectivity index (χ0v) is 13.0. The largest absolute Gasteiger partial charge is 0.423 e. The third-order valence-corrected chi connectivity index (χ3v) is 3.55. The highest BCUT2D eigenvalue weighted by molar-refractivity contribution is 5.92. The zero-order valence-electron chi connectivity index (χ0n) is 13.0. The maximum absolute atomic E-state index is 12.3. The highest BCUT2D eigenvalue weighted by Crippen LogP contribution is 2.23. The first-order chi connectivity index (χ1) is 10.7. The molecule has 0 atom stereocenters. The predicted octanol–water partition coefficient (Wildman–Crippen LogP) is 3.24. The highest BCUT2D eigenvalue weighted by Gasteiger charge is 2.14. The van der Waals surface area contributed by atoms with E-state index in [0.29, 0.717) is 11.3 Å². The van der Waals surface area contributed by atoms with E-state index in [0.717, 1.165) is 24.3 Å². The molecule has 0 aliphatic heterocycles. The van der Waals surface area contributed by atoms with Gasteiger partial charge >= 0.3 is 5.97 Å². The van der Waals surface area contributed by atoms with Crippen LogP contribution in [0.3, 0.4) is 0 Å². The molecule has 0 fully saturated rings. The molecule has 0 aliphatic rings. The molecule has 4 heteroatoms. The Bertz CT molecular complexity index is 621. The molecule has 0 aromatic heterocycles. The molecule has 0 saturated heterocycles. The van der Waals surface area contributed by atoms with Crippen molar-refractivity contribution in [1.82, 2.24) is 0 Å². The normalized spacial score (nSPS) is 10.3. The number of anilines is 1. The Kier molecular flexibility index (Phi) is 5.55.